The maximum Gasteiger partial charge on any atom is 0.219 e. The van der Waals surface area contributed by atoms with E-state index in [2.05, 4.69) is 16.4 Å². The van der Waals surface area contributed by atoms with Crippen LogP contribution in [0, 0.1) is 11.3 Å². The van der Waals surface area contributed by atoms with Crippen molar-refractivity contribution in [3.05, 3.63) is 64.1 Å². The third-order valence-corrected chi connectivity index (χ3v) is 5.18. The van der Waals surface area contributed by atoms with Crippen LogP contribution in [-0.4, -0.2) is 27.3 Å². The molecule has 1 N–H and O–H groups in total. The average molecular weight is 392 g/mol. The van der Waals surface area contributed by atoms with Gasteiger partial charge in [0.1, 0.15) is 5.15 Å². The Bertz CT molecular complexity index is 1120. The second-order valence-electron chi connectivity index (χ2n) is 6.79. The van der Waals surface area contributed by atoms with Crippen molar-refractivity contribution in [2.24, 2.45) is 0 Å². The average Bonchev–Trinajstić information content (AvgIpc) is 2.70. The summed E-state index contributed by atoms with van der Waals surface area (Å²) in [7, 11) is 0. The minimum atomic E-state index is 0.0448. The van der Waals surface area contributed by atoms with Gasteiger partial charge in [0.15, 0.2) is 0 Å². The van der Waals surface area contributed by atoms with E-state index in [1.165, 1.54) is 0 Å². The molecular formula is C21H18ClN5O. The number of carbonyl (C=O) groups excluding carboxylic acids is 1. The summed E-state index contributed by atoms with van der Waals surface area (Å²) in [6.07, 6.45) is 2.38. The molecule has 0 bridgehead atoms. The second-order valence-corrected chi connectivity index (χ2v) is 7.17. The number of fused-ring (bicyclic) bond motifs is 2. The van der Waals surface area contributed by atoms with Gasteiger partial charge in [-0.1, -0.05) is 11.6 Å². The van der Waals surface area contributed by atoms with Crippen molar-refractivity contribution in [2.45, 2.75) is 26.4 Å². The smallest absolute Gasteiger partial charge is 0.219 e. The van der Waals surface area contributed by atoms with Crippen molar-refractivity contribution >= 4 is 34.1 Å². The molecule has 0 saturated heterocycles. The van der Waals surface area contributed by atoms with Gasteiger partial charge in [-0.15, -0.1) is 0 Å². The first-order valence-electron chi connectivity index (χ1n) is 9.00. The number of hydrogen-bond donors (Lipinski definition) is 1. The molecule has 7 heteroatoms. The van der Waals surface area contributed by atoms with Crippen molar-refractivity contribution in [3.8, 4) is 6.07 Å². The van der Waals surface area contributed by atoms with Crippen LogP contribution in [0.5, 0.6) is 0 Å². The summed E-state index contributed by atoms with van der Waals surface area (Å²) in [5.74, 6) is 0.0448. The summed E-state index contributed by atoms with van der Waals surface area (Å²) in [6, 6.07) is 11.4. The van der Waals surface area contributed by atoms with E-state index in [1.807, 2.05) is 29.2 Å². The molecule has 0 spiro atoms. The number of nitrogens with zero attached hydrogens (tertiary/aromatic N) is 4. The van der Waals surface area contributed by atoms with Crippen LogP contribution in [0.15, 0.2) is 36.5 Å². The van der Waals surface area contributed by atoms with Crippen molar-refractivity contribution < 1.29 is 4.79 Å². The van der Waals surface area contributed by atoms with Gasteiger partial charge in [-0.3, -0.25) is 9.78 Å². The van der Waals surface area contributed by atoms with Gasteiger partial charge in [-0.2, -0.15) is 5.26 Å². The van der Waals surface area contributed by atoms with Crippen molar-refractivity contribution in [3.63, 3.8) is 0 Å². The zero-order valence-electron chi connectivity index (χ0n) is 15.4. The number of pyridine rings is 2. The Morgan fingerprint density at radius 3 is 2.96 bits per heavy atom. The van der Waals surface area contributed by atoms with Gasteiger partial charge in [0, 0.05) is 55.8 Å². The number of hydrogen-bond acceptors (Lipinski definition) is 5. The highest BCUT2D eigenvalue weighted by atomic mass is 35.5. The Balaban J connectivity index is 1.81. The van der Waals surface area contributed by atoms with E-state index in [0.717, 1.165) is 33.4 Å². The van der Waals surface area contributed by atoms with Gasteiger partial charge in [-0.25, -0.2) is 4.98 Å². The van der Waals surface area contributed by atoms with Gasteiger partial charge >= 0.3 is 0 Å². The number of carbonyl (C=O) groups is 1. The SMILES string of the molecule is CC(=O)N1CCc2nc3ccc(C#N)cc3c(NCc3ccnc(Cl)c3)c2C1. The monoisotopic (exact) mass is 391 g/mol. The first-order valence-corrected chi connectivity index (χ1v) is 9.38. The van der Waals surface area contributed by atoms with Crippen molar-refractivity contribution in [1.82, 2.24) is 14.9 Å². The number of nitrogens with one attached hydrogen (secondary N) is 1. The van der Waals surface area contributed by atoms with Gasteiger partial charge in [0.2, 0.25) is 5.91 Å². The topological polar surface area (TPSA) is 81.9 Å². The molecule has 3 aromatic rings. The molecule has 0 atom stereocenters. The lowest BCUT2D eigenvalue weighted by Gasteiger charge is -2.30. The first kappa shape index (κ1) is 18.2. The van der Waals surface area contributed by atoms with Crippen LogP contribution in [0.1, 0.15) is 29.3 Å². The van der Waals surface area contributed by atoms with Gasteiger partial charge in [0.25, 0.3) is 0 Å². The van der Waals surface area contributed by atoms with Crippen LogP contribution in [-0.2, 0) is 24.3 Å². The molecule has 1 aliphatic heterocycles. The van der Waals surface area contributed by atoms with E-state index in [-0.39, 0.29) is 5.91 Å². The van der Waals surface area contributed by atoms with E-state index in [1.54, 1.807) is 19.2 Å². The van der Waals surface area contributed by atoms with Gasteiger partial charge < -0.3 is 10.2 Å². The van der Waals surface area contributed by atoms with Crippen LogP contribution in [0.2, 0.25) is 5.15 Å². The van der Waals surface area contributed by atoms with E-state index in [0.29, 0.717) is 36.8 Å². The molecule has 1 aliphatic rings. The summed E-state index contributed by atoms with van der Waals surface area (Å²) in [4.78, 5) is 22.5. The normalized spacial score (nSPS) is 13.1. The third kappa shape index (κ3) is 3.49. The molecule has 1 amide bonds. The lowest BCUT2D eigenvalue weighted by Crippen LogP contribution is -2.35. The fourth-order valence-electron chi connectivity index (χ4n) is 3.52. The standard InChI is InChI=1S/C21H18ClN5O/c1-13(28)27-7-5-19-17(12-27)21(25-11-15-4-6-24-20(22)9-15)16-8-14(10-23)2-3-18(16)26-19/h2-4,6,8-9H,5,7,11-12H2,1H3,(H,25,26). The molecule has 0 fully saturated rings. The Morgan fingerprint density at radius 2 is 2.21 bits per heavy atom. The summed E-state index contributed by atoms with van der Waals surface area (Å²) in [6.45, 7) is 3.30. The molecule has 3 heterocycles. The largest absolute Gasteiger partial charge is 0.380 e. The van der Waals surface area contributed by atoms with E-state index in [9.17, 15) is 10.1 Å². The molecule has 0 unspecified atom stereocenters. The highest BCUT2D eigenvalue weighted by Crippen LogP contribution is 2.33. The Hall–Kier alpha value is -3.17. The minimum absolute atomic E-state index is 0.0448. The molecule has 28 heavy (non-hydrogen) atoms. The maximum atomic E-state index is 11.9. The fraction of sp³-hybridized carbons (Fsp3) is 0.238. The maximum absolute atomic E-state index is 11.9. The van der Waals surface area contributed by atoms with E-state index < -0.39 is 0 Å². The zero-order valence-corrected chi connectivity index (χ0v) is 16.1. The van der Waals surface area contributed by atoms with Crippen molar-refractivity contribution in [2.75, 3.05) is 11.9 Å². The highest BCUT2D eigenvalue weighted by Gasteiger charge is 2.24. The molecule has 4 rings (SSSR count). The Morgan fingerprint density at radius 1 is 1.36 bits per heavy atom. The molecule has 2 aromatic heterocycles. The van der Waals surface area contributed by atoms with Gasteiger partial charge in [0.05, 0.1) is 22.8 Å². The second kappa shape index (κ2) is 7.45. The van der Waals surface area contributed by atoms with Crippen LogP contribution in [0.4, 0.5) is 5.69 Å². The summed E-state index contributed by atoms with van der Waals surface area (Å²) in [5.41, 5.74) is 5.31. The highest BCUT2D eigenvalue weighted by molar-refractivity contribution is 6.29. The molecule has 140 valence electrons. The predicted octanol–water partition coefficient (Wildman–Crippen LogP) is 3.67. The molecule has 0 aliphatic carbocycles. The van der Waals surface area contributed by atoms with Crippen molar-refractivity contribution in [1.29, 1.82) is 5.26 Å². The minimum Gasteiger partial charge on any atom is -0.380 e. The summed E-state index contributed by atoms with van der Waals surface area (Å²) < 4.78 is 0. The number of rotatable bonds is 3. The molecule has 6 nitrogen and oxygen atoms in total. The lowest BCUT2D eigenvalue weighted by molar-refractivity contribution is -0.129. The Labute approximate surface area is 167 Å². The van der Waals surface area contributed by atoms with E-state index >= 15 is 0 Å². The number of halogens is 1. The van der Waals surface area contributed by atoms with Crippen LogP contribution >= 0.6 is 11.6 Å². The first-order chi connectivity index (χ1) is 13.5. The number of amides is 1. The summed E-state index contributed by atoms with van der Waals surface area (Å²) in [5, 5.41) is 14.1. The molecular weight excluding hydrogens is 374 g/mol. The van der Waals surface area contributed by atoms with Crippen LogP contribution < -0.4 is 5.32 Å². The van der Waals surface area contributed by atoms with Gasteiger partial charge in [-0.05, 0) is 35.9 Å². The predicted molar refractivity (Wildman–Crippen MR) is 108 cm³/mol. The fourth-order valence-corrected chi connectivity index (χ4v) is 3.72. The lowest BCUT2D eigenvalue weighted by atomic mass is 9.98. The summed E-state index contributed by atoms with van der Waals surface area (Å²) >= 11 is 6.00. The number of benzene rings is 1. The Kier molecular flexibility index (Phi) is 4.84. The van der Waals surface area contributed by atoms with Crippen LogP contribution in [0.25, 0.3) is 10.9 Å². The van der Waals surface area contributed by atoms with E-state index in [4.69, 9.17) is 16.6 Å². The number of anilines is 1. The number of aromatic nitrogens is 2. The van der Waals surface area contributed by atoms with Crippen LogP contribution in [0.3, 0.4) is 0 Å². The molecule has 0 radical (unpaired) electrons. The number of nitriles is 1. The third-order valence-electron chi connectivity index (χ3n) is 4.97. The molecule has 1 aromatic carbocycles. The zero-order chi connectivity index (χ0) is 19.7. The molecule has 0 saturated carbocycles. The quantitative estimate of drug-likeness (QED) is 0.689.